The third-order valence-corrected chi connectivity index (χ3v) is 15.9. The van der Waals surface area contributed by atoms with Gasteiger partial charge in [0, 0.05) is 9.65 Å². The molecule has 0 nitrogen and oxygen atoms in total. The average Bonchev–Trinajstić information content (AvgIpc) is 2.73. The molecule has 0 aromatic heterocycles. The molecular formula is C24H29Br3Si. The molecule has 0 saturated heterocycles. The molecular weight excluding hydrogens is 556 g/mol. The van der Waals surface area contributed by atoms with Crippen molar-refractivity contribution in [3.8, 4) is 0 Å². The van der Waals surface area contributed by atoms with Crippen LogP contribution >= 0.6 is 47.8 Å². The van der Waals surface area contributed by atoms with Crippen LogP contribution in [0.15, 0.2) is 70.4 Å². The molecule has 5 unspecified atom stereocenters. The number of hydrogen-bond acceptors (Lipinski definition) is 0. The molecule has 0 radical (unpaired) electrons. The molecule has 0 saturated carbocycles. The summed E-state index contributed by atoms with van der Waals surface area (Å²) in [5.74, 6) is 0. The molecule has 0 aliphatic heterocycles. The predicted octanol–water partition coefficient (Wildman–Crippen LogP) is 8.83. The smallest absolute Gasteiger partial charge is 0.0866 e. The summed E-state index contributed by atoms with van der Waals surface area (Å²) in [6.45, 7) is 0. The number of hydrogen-bond donors (Lipinski definition) is 0. The van der Waals surface area contributed by atoms with E-state index >= 15 is 0 Å². The minimum absolute atomic E-state index is 0.556. The quantitative estimate of drug-likeness (QED) is 0.176. The van der Waals surface area contributed by atoms with Crippen molar-refractivity contribution in [2.45, 2.75) is 71.2 Å². The van der Waals surface area contributed by atoms with Gasteiger partial charge in [0.25, 0.3) is 0 Å². The number of allylic oxidation sites excluding steroid dienone is 12. The maximum absolute atomic E-state index is 3.84. The second-order valence-corrected chi connectivity index (χ2v) is 16.7. The Hall–Kier alpha value is 0.0969. The first-order chi connectivity index (χ1) is 13.6. The highest BCUT2D eigenvalue weighted by molar-refractivity contribution is 9.11. The van der Waals surface area contributed by atoms with E-state index in [-0.39, 0.29) is 0 Å². The zero-order valence-corrected chi connectivity index (χ0v) is 22.0. The summed E-state index contributed by atoms with van der Waals surface area (Å²) in [6.07, 6.45) is 33.4. The second-order valence-electron chi connectivity index (χ2n) is 8.56. The predicted molar refractivity (Wildman–Crippen MR) is 136 cm³/mol. The highest BCUT2D eigenvalue weighted by Crippen LogP contribution is 2.57. The molecule has 0 amide bonds. The summed E-state index contributed by atoms with van der Waals surface area (Å²) >= 11 is 11.4. The Morgan fingerprint density at radius 2 is 1.39 bits per heavy atom. The molecule has 4 heteroatoms. The molecule has 4 aliphatic rings. The summed E-state index contributed by atoms with van der Waals surface area (Å²) in [7, 11) is -1.84. The largest absolute Gasteiger partial charge is 0.102 e. The van der Waals surface area contributed by atoms with Gasteiger partial charge in [-0.25, -0.2) is 0 Å². The Balaban J connectivity index is 1.86. The lowest BCUT2D eigenvalue weighted by atomic mass is 10.1. The van der Waals surface area contributed by atoms with Gasteiger partial charge in [-0.2, -0.15) is 0 Å². The van der Waals surface area contributed by atoms with Gasteiger partial charge in [0.05, 0.1) is 0 Å². The first-order valence-electron chi connectivity index (χ1n) is 10.6. The van der Waals surface area contributed by atoms with Crippen LogP contribution < -0.4 is 0 Å². The van der Waals surface area contributed by atoms with E-state index in [1.54, 1.807) is 0 Å². The molecule has 5 atom stereocenters. The first kappa shape index (κ1) is 21.3. The monoisotopic (exact) mass is 582 g/mol. The van der Waals surface area contributed by atoms with Crippen molar-refractivity contribution in [2.75, 3.05) is 0 Å². The van der Waals surface area contributed by atoms with E-state index in [9.17, 15) is 0 Å². The molecule has 0 fully saturated rings. The van der Waals surface area contributed by atoms with Gasteiger partial charge in [0.1, 0.15) is 8.07 Å². The van der Waals surface area contributed by atoms with E-state index in [1.165, 1.54) is 49.4 Å². The van der Waals surface area contributed by atoms with Gasteiger partial charge in [-0.1, -0.05) is 114 Å². The van der Waals surface area contributed by atoms with Gasteiger partial charge in [0.15, 0.2) is 0 Å². The molecule has 0 bridgehead atoms. The van der Waals surface area contributed by atoms with Crippen molar-refractivity contribution >= 4 is 55.9 Å². The van der Waals surface area contributed by atoms with E-state index in [1.807, 2.05) is 5.20 Å². The number of halogens is 3. The Morgan fingerprint density at radius 1 is 0.714 bits per heavy atom. The van der Waals surface area contributed by atoms with Crippen molar-refractivity contribution in [2.24, 2.45) is 0 Å². The van der Waals surface area contributed by atoms with Crippen LogP contribution in [0.4, 0.5) is 0 Å². The van der Waals surface area contributed by atoms with Crippen LogP contribution in [0.25, 0.3) is 0 Å². The fraction of sp³-hybridized carbons (Fsp3) is 0.500. The van der Waals surface area contributed by atoms with Crippen LogP contribution in [0, 0.1) is 0 Å². The van der Waals surface area contributed by atoms with Crippen molar-refractivity contribution in [1.82, 2.24) is 0 Å². The van der Waals surface area contributed by atoms with Gasteiger partial charge in [0.2, 0.25) is 0 Å². The molecule has 4 aliphatic carbocycles. The van der Waals surface area contributed by atoms with E-state index in [0.717, 1.165) is 11.1 Å². The Bertz CT molecular complexity index is 730. The minimum Gasteiger partial charge on any atom is -0.0866 e. The summed E-state index contributed by atoms with van der Waals surface area (Å²) in [4.78, 5) is 1.11. The molecule has 0 N–H and O–H groups in total. The third kappa shape index (κ3) is 4.26. The Morgan fingerprint density at radius 3 is 1.86 bits per heavy atom. The standard InChI is InChI=1S/C24H29Br3Si/c25-18-6-12-22(13-7-18)28(21-4-2-1-3-5-21,23-14-8-19(26)9-15-23)24-16-10-20(27)11-17-24/h1-4,6,8,10,12,14,16,18-19,21-23H,5,7,9,11,13,15,17H2. The van der Waals surface area contributed by atoms with Crippen LogP contribution in [-0.2, 0) is 0 Å². The Labute approximate surface area is 196 Å². The van der Waals surface area contributed by atoms with Gasteiger partial charge in [-0.3, -0.25) is 0 Å². The van der Waals surface area contributed by atoms with Crippen LogP contribution in [0.1, 0.15) is 44.9 Å². The number of rotatable bonds is 4. The van der Waals surface area contributed by atoms with Crippen LogP contribution in [0.5, 0.6) is 0 Å². The second kappa shape index (κ2) is 9.49. The zero-order chi connectivity index (χ0) is 19.6. The van der Waals surface area contributed by atoms with Gasteiger partial charge < -0.3 is 0 Å². The van der Waals surface area contributed by atoms with Gasteiger partial charge in [-0.15, -0.1) is 0 Å². The van der Waals surface area contributed by atoms with E-state index in [0.29, 0.717) is 15.2 Å². The van der Waals surface area contributed by atoms with Crippen LogP contribution in [-0.4, -0.2) is 17.7 Å². The highest BCUT2D eigenvalue weighted by atomic mass is 79.9. The molecule has 0 aromatic rings. The topological polar surface area (TPSA) is 0 Å². The fourth-order valence-electron chi connectivity index (χ4n) is 5.81. The van der Waals surface area contributed by atoms with Crippen LogP contribution in [0.2, 0.25) is 16.6 Å². The first-order valence-corrected chi connectivity index (χ1v) is 15.5. The molecule has 0 heterocycles. The van der Waals surface area contributed by atoms with Crippen molar-refractivity contribution in [3.05, 3.63) is 70.4 Å². The normalized spacial score (nSPS) is 37.3. The number of alkyl halides is 2. The van der Waals surface area contributed by atoms with Crippen LogP contribution in [0.3, 0.4) is 0 Å². The van der Waals surface area contributed by atoms with E-state index in [2.05, 4.69) is 109 Å². The van der Waals surface area contributed by atoms with Crippen molar-refractivity contribution in [3.63, 3.8) is 0 Å². The van der Waals surface area contributed by atoms with Gasteiger partial charge in [-0.05, 0) is 66.1 Å². The summed E-state index contributed by atoms with van der Waals surface area (Å²) in [5.41, 5.74) is 2.18. The summed E-state index contributed by atoms with van der Waals surface area (Å²) in [6, 6.07) is 0. The Kier molecular flexibility index (Phi) is 7.23. The third-order valence-electron chi connectivity index (χ3n) is 7.09. The van der Waals surface area contributed by atoms with Gasteiger partial charge >= 0.3 is 0 Å². The fourth-order valence-corrected chi connectivity index (χ4v) is 14.1. The molecule has 150 valence electrons. The van der Waals surface area contributed by atoms with Crippen molar-refractivity contribution in [1.29, 1.82) is 0 Å². The lowest BCUT2D eigenvalue weighted by Gasteiger charge is -2.51. The molecule has 0 spiro atoms. The molecule has 28 heavy (non-hydrogen) atoms. The molecule has 0 aromatic carbocycles. The summed E-state index contributed by atoms with van der Waals surface area (Å²) in [5, 5.41) is 1.81. The zero-order valence-electron chi connectivity index (χ0n) is 16.2. The lowest BCUT2D eigenvalue weighted by Crippen LogP contribution is -2.51. The lowest BCUT2D eigenvalue weighted by molar-refractivity contribution is 0.660. The molecule has 4 rings (SSSR count). The summed E-state index contributed by atoms with van der Waals surface area (Å²) < 4.78 is 1.36. The highest BCUT2D eigenvalue weighted by Gasteiger charge is 2.53. The average molecular weight is 585 g/mol. The maximum atomic E-state index is 3.84. The minimum atomic E-state index is -1.84. The van der Waals surface area contributed by atoms with E-state index in [4.69, 9.17) is 0 Å². The van der Waals surface area contributed by atoms with E-state index < -0.39 is 8.07 Å². The SMILES string of the molecule is BrC1=CC=C([Si](C2C=CC=CC2)(C2C=CC(Br)CC2)C2C=CC(Br)CC2)CC1. The maximum Gasteiger partial charge on any atom is 0.102 e. The van der Waals surface area contributed by atoms with Crippen molar-refractivity contribution < 1.29 is 0 Å².